The Morgan fingerprint density at radius 2 is 1.81 bits per heavy atom. The van der Waals surface area contributed by atoms with Crippen LogP contribution in [0.3, 0.4) is 0 Å². The summed E-state index contributed by atoms with van der Waals surface area (Å²) in [6.45, 7) is 3.81. The average Bonchev–Trinajstić information content (AvgIpc) is 3.06. The van der Waals surface area contributed by atoms with Gasteiger partial charge in [-0.1, -0.05) is 18.2 Å². The summed E-state index contributed by atoms with van der Waals surface area (Å²) in [6, 6.07) is 14.1. The first kappa shape index (κ1) is 23.2. The first-order valence-corrected chi connectivity index (χ1v) is 11.3. The van der Waals surface area contributed by atoms with Crippen molar-refractivity contribution < 1.29 is 17.9 Å². The van der Waals surface area contributed by atoms with Crippen LogP contribution in [0.1, 0.15) is 17.0 Å². The van der Waals surface area contributed by atoms with Gasteiger partial charge in [-0.25, -0.2) is 17.4 Å². The maximum absolute atomic E-state index is 12.6. The fourth-order valence-electron chi connectivity index (χ4n) is 3.21. The van der Waals surface area contributed by atoms with Gasteiger partial charge in [-0.15, -0.1) is 0 Å². The van der Waals surface area contributed by atoms with Crippen molar-refractivity contribution in [1.82, 2.24) is 14.1 Å². The number of benzene rings is 2. The van der Waals surface area contributed by atoms with Crippen molar-refractivity contribution in [2.45, 2.75) is 18.7 Å². The van der Waals surface area contributed by atoms with Crippen LogP contribution in [0.15, 0.2) is 59.5 Å². The molecule has 1 aromatic heterocycles. The second-order valence-corrected chi connectivity index (χ2v) is 9.46. The average molecular weight is 455 g/mol. The maximum Gasteiger partial charge on any atom is 0.248 e. The SMILES string of the molecule is COc1ccc(S(=O)(=O)N(C)C)cc1NC(=O)/C=C/c1c(C)nn(-c2ccccc2)c1C. The zero-order valence-corrected chi connectivity index (χ0v) is 19.5. The molecule has 1 heterocycles. The van der Waals surface area contributed by atoms with Crippen LogP contribution in [-0.2, 0) is 14.8 Å². The van der Waals surface area contributed by atoms with Crippen molar-refractivity contribution >= 4 is 27.7 Å². The topological polar surface area (TPSA) is 93.5 Å². The van der Waals surface area contributed by atoms with Crippen LogP contribution in [0, 0.1) is 13.8 Å². The number of sulfonamides is 1. The van der Waals surface area contributed by atoms with Crippen LogP contribution < -0.4 is 10.1 Å². The summed E-state index contributed by atoms with van der Waals surface area (Å²) in [4.78, 5) is 12.7. The Balaban J connectivity index is 1.86. The molecule has 1 N–H and O–H groups in total. The highest BCUT2D eigenvalue weighted by Crippen LogP contribution is 2.28. The van der Waals surface area contributed by atoms with Crippen molar-refractivity contribution in [3.05, 3.63) is 71.6 Å². The molecular weight excluding hydrogens is 428 g/mol. The predicted molar refractivity (Wildman–Crippen MR) is 125 cm³/mol. The lowest BCUT2D eigenvalue weighted by molar-refractivity contribution is -0.111. The number of carbonyl (C=O) groups is 1. The van der Waals surface area contributed by atoms with Crippen LogP contribution >= 0.6 is 0 Å². The van der Waals surface area contributed by atoms with Gasteiger partial charge >= 0.3 is 0 Å². The van der Waals surface area contributed by atoms with Gasteiger partial charge in [-0.3, -0.25) is 4.79 Å². The number of aromatic nitrogens is 2. The number of hydrogen-bond acceptors (Lipinski definition) is 5. The summed E-state index contributed by atoms with van der Waals surface area (Å²) >= 11 is 0. The Bertz CT molecular complexity index is 1260. The van der Waals surface area contributed by atoms with E-state index >= 15 is 0 Å². The molecule has 0 aliphatic carbocycles. The second kappa shape index (κ2) is 9.37. The van der Waals surface area contributed by atoms with Crippen LogP contribution in [0.2, 0.25) is 0 Å². The summed E-state index contributed by atoms with van der Waals surface area (Å²) < 4.78 is 33.0. The monoisotopic (exact) mass is 454 g/mol. The number of nitrogens with zero attached hydrogens (tertiary/aromatic N) is 3. The largest absolute Gasteiger partial charge is 0.495 e. The number of carbonyl (C=O) groups excluding carboxylic acids is 1. The summed E-state index contributed by atoms with van der Waals surface area (Å²) in [5.74, 6) is -0.0670. The Kier molecular flexibility index (Phi) is 6.81. The summed E-state index contributed by atoms with van der Waals surface area (Å²) in [5.41, 5.74) is 3.71. The number of hydrogen-bond donors (Lipinski definition) is 1. The normalized spacial score (nSPS) is 11.8. The molecule has 0 saturated heterocycles. The number of methoxy groups -OCH3 is 1. The molecule has 32 heavy (non-hydrogen) atoms. The van der Waals surface area contributed by atoms with Gasteiger partial charge < -0.3 is 10.1 Å². The summed E-state index contributed by atoms with van der Waals surface area (Å²) in [7, 11) is 0.688. The van der Waals surface area contributed by atoms with Crippen LogP contribution in [-0.4, -0.2) is 49.6 Å². The minimum absolute atomic E-state index is 0.0541. The van der Waals surface area contributed by atoms with Gasteiger partial charge in [0, 0.05) is 31.4 Å². The third kappa shape index (κ3) is 4.74. The zero-order chi connectivity index (χ0) is 23.5. The molecule has 1 amide bonds. The van der Waals surface area contributed by atoms with Gasteiger partial charge in [0.25, 0.3) is 0 Å². The lowest BCUT2D eigenvalue weighted by Crippen LogP contribution is -2.22. The number of anilines is 1. The molecule has 0 saturated carbocycles. The van der Waals surface area contributed by atoms with Crippen LogP contribution in [0.25, 0.3) is 11.8 Å². The van der Waals surface area contributed by atoms with E-state index in [9.17, 15) is 13.2 Å². The lowest BCUT2D eigenvalue weighted by Gasteiger charge is -2.14. The predicted octanol–water partition coefficient (Wildman–Crippen LogP) is 3.40. The minimum Gasteiger partial charge on any atom is -0.495 e. The van der Waals surface area contributed by atoms with E-state index in [2.05, 4.69) is 10.4 Å². The van der Waals surface area contributed by atoms with E-state index in [0.717, 1.165) is 26.9 Å². The third-order valence-corrected chi connectivity index (χ3v) is 6.77. The van der Waals surface area contributed by atoms with Crippen LogP contribution in [0.4, 0.5) is 5.69 Å². The fourth-order valence-corrected chi connectivity index (χ4v) is 4.13. The molecule has 0 unspecified atom stereocenters. The Morgan fingerprint density at radius 1 is 1.12 bits per heavy atom. The minimum atomic E-state index is -3.65. The molecule has 0 radical (unpaired) electrons. The summed E-state index contributed by atoms with van der Waals surface area (Å²) in [5, 5.41) is 7.27. The van der Waals surface area contributed by atoms with Gasteiger partial charge in [-0.05, 0) is 50.3 Å². The number of aryl methyl sites for hydroxylation is 1. The standard InChI is InChI=1S/C23H26N4O4S/c1-16-20(17(2)27(25-16)18-9-7-6-8-10-18)12-14-23(28)24-21-15-19(11-13-22(21)31-5)32(29,30)26(3)4/h6-15H,1-5H3,(H,24,28)/b14-12+. The zero-order valence-electron chi connectivity index (χ0n) is 18.7. The fraction of sp³-hybridized carbons (Fsp3) is 0.217. The number of nitrogens with one attached hydrogen (secondary N) is 1. The van der Waals surface area contributed by atoms with E-state index in [-0.39, 0.29) is 10.6 Å². The molecule has 0 atom stereocenters. The highest BCUT2D eigenvalue weighted by atomic mass is 32.2. The molecule has 0 aliphatic heterocycles. The Labute approximate surface area is 188 Å². The summed E-state index contributed by atoms with van der Waals surface area (Å²) in [6.07, 6.45) is 3.08. The molecule has 168 valence electrons. The molecule has 0 spiro atoms. The van der Waals surface area contributed by atoms with Gasteiger partial charge in [-0.2, -0.15) is 5.10 Å². The van der Waals surface area contributed by atoms with Gasteiger partial charge in [0.15, 0.2) is 0 Å². The highest BCUT2D eigenvalue weighted by Gasteiger charge is 2.19. The highest BCUT2D eigenvalue weighted by molar-refractivity contribution is 7.89. The van der Waals surface area contributed by atoms with Crippen molar-refractivity contribution in [2.24, 2.45) is 0 Å². The van der Waals surface area contributed by atoms with Crippen molar-refractivity contribution in [3.8, 4) is 11.4 Å². The van der Waals surface area contributed by atoms with E-state index in [1.165, 1.54) is 45.5 Å². The van der Waals surface area contributed by atoms with Crippen molar-refractivity contribution in [3.63, 3.8) is 0 Å². The first-order chi connectivity index (χ1) is 15.1. The Morgan fingerprint density at radius 3 is 2.44 bits per heavy atom. The second-order valence-electron chi connectivity index (χ2n) is 7.30. The molecule has 8 nitrogen and oxygen atoms in total. The van der Waals surface area contributed by atoms with Crippen molar-refractivity contribution in [1.29, 1.82) is 0 Å². The first-order valence-electron chi connectivity index (χ1n) is 9.86. The third-order valence-electron chi connectivity index (χ3n) is 4.96. The number of para-hydroxylation sites is 1. The molecule has 3 aromatic rings. The maximum atomic E-state index is 12.6. The number of ether oxygens (including phenoxy) is 1. The number of amides is 1. The molecule has 3 rings (SSSR count). The van der Waals surface area contributed by atoms with E-state index < -0.39 is 15.9 Å². The lowest BCUT2D eigenvalue weighted by atomic mass is 10.2. The molecule has 0 aliphatic rings. The van der Waals surface area contributed by atoms with E-state index in [0.29, 0.717) is 5.75 Å². The van der Waals surface area contributed by atoms with E-state index in [4.69, 9.17) is 4.74 Å². The quantitative estimate of drug-likeness (QED) is 0.552. The smallest absolute Gasteiger partial charge is 0.248 e. The van der Waals surface area contributed by atoms with E-state index in [1.807, 2.05) is 48.9 Å². The van der Waals surface area contributed by atoms with Gasteiger partial charge in [0.1, 0.15) is 5.75 Å². The van der Waals surface area contributed by atoms with Crippen LogP contribution in [0.5, 0.6) is 5.75 Å². The molecule has 9 heteroatoms. The van der Waals surface area contributed by atoms with Crippen molar-refractivity contribution in [2.75, 3.05) is 26.5 Å². The van der Waals surface area contributed by atoms with Gasteiger partial charge in [0.05, 0.1) is 29.1 Å². The number of rotatable bonds is 7. The molecule has 0 bridgehead atoms. The molecule has 0 fully saturated rings. The van der Waals surface area contributed by atoms with Gasteiger partial charge in [0.2, 0.25) is 15.9 Å². The molecule has 2 aromatic carbocycles. The van der Waals surface area contributed by atoms with E-state index in [1.54, 1.807) is 6.08 Å². The Hall–Kier alpha value is -3.43. The molecular formula is C23H26N4O4S.